The molecular formula is C15H18N2O. The van der Waals surface area contributed by atoms with Crippen LogP contribution in [0.5, 0.6) is 0 Å². The van der Waals surface area contributed by atoms with Gasteiger partial charge in [0.15, 0.2) is 0 Å². The molecule has 94 valence electrons. The fourth-order valence-corrected chi connectivity index (χ4v) is 3.17. The topological polar surface area (TPSA) is 41.5 Å². The van der Waals surface area contributed by atoms with E-state index in [0.717, 1.165) is 17.9 Å². The fraction of sp³-hybridized carbons (Fsp3) is 0.467. The molecule has 2 aliphatic rings. The third-order valence-corrected chi connectivity index (χ3v) is 4.20. The number of rotatable bonds is 2. The Morgan fingerprint density at radius 1 is 1.33 bits per heavy atom. The molecule has 0 spiro atoms. The summed E-state index contributed by atoms with van der Waals surface area (Å²) in [6.07, 6.45) is 4.96. The predicted molar refractivity (Wildman–Crippen MR) is 71.5 cm³/mol. The second-order valence-electron chi connectivity index (χ2n) is 5.44. The summed E-state index contributed by atoms with van der Waals surface area (Å²) in [7, 11) is 0. The molecule has 1 aromatic rings. The number of carbonyl (C=O) groups is 1. The summed E-state index contributed by atoms with van der Waals surface area (Å²) < 4.78 is 0. The Bertz CT molecular complexity index is 507. The number of fused-ring (bicyclic) bond motifs is 2. The van der Waals surface area contributed by atoms with Gasteiger partial charge in [0.2, 0.25) is 0 Å². The van der Waals surface area contributed by atoms with Gasteiger partial charge in [-0.15, -0.1) is 0 Å². The van der Waals surface area contributed by atoms with Crippen LogP contribution in [-0.4, -0.2) is 11.6 Å². The second kappa shape index (κ2) is 4.56. The van der Waals surface area contributed by atoms with E-state index in [1.807, 2.05) is 31.2 Å². The zero-order valence-electron chi connectivity index (χ0n) is 10.6. The van der Waals surface area contributed by atoms with Crippen molar-refractivity contribution in [3.8, 4) is 0 Å². The Morgan fingerprint density at radius 2 is 2.17 bits per heavy atom. The third-order valence-electron chi connectivity index (χ3n) is 4.20. The number of hydrogen-bond acceptors (Lipinski definition) is 2. The average molecular weight is 242 g/mol. The first-order valence-electron chi connectivity index (χ1n) is 6.66. The van der Waals surface area contributed by atoms with Crippen molar-refractivity contribution >= 4 is 11.6 Å². The fourth-order valence-electron chi connectivity index (χ4n) is 3.17. The van der Waals surface area contributed by atoms with Gasteiger partial charge in [-0.2, -0.15) is 5.10 Å². The molecule has 2 atom stereocenters. The number of hydrazone groups is 1. The van der Waals surface area contributed by atoms with Gasteiger partial charge in [0.1, 0.15) is 0 Å². The Kier molecular flexibility index (Phi) is 2.90. The third kappa shape index (κ3) is 2.05. The van der Waals surface area contributed by atoms with Crippen molar-refractivity contribution < 1.29 is 4.79 Å². The maximum Gasteiger partial charge on any atom is 0.271 e. The van der Waals surface area contributed by atoms with E-state index < -0.39 is 0 Å². The molecule has 2 fully saturated rings. The van der Waals surface area contributed by atoms with Gasteiger partial charge in [-0.25, -0.2) is 5.43 Å². The first kappa shape index (κ1) is 11.5. The Labute approximate surface area is 107 Å². The molecule has 2 saturated carbocycles. The highest BCUT2D eigenvalue weighted by Gasteiger charge is 2.36. The lowest BCUT2D eigenvalue weighted by molar-refractivity contribution is 0.0954. The summed E-state index contributed by atoms with van der Waals surface area (Å²) in [5.74, 6) is 1.36. The van der Waals surface area contributed by atoms with Gasteiger partial charge >= 0.3 is 0 Å². The van der Waals surface area contributed by atoms with Crippen LogP contribution < -0.4 is 5.43 Å². The highest BCUT2D eigenvalue weighted by molar-refractivity contribution is 5.97. The lowest BCUT2D eigenvalue weighted by Gasteiger charge is -2.12. The van der Waals surface area contributed by atoms with E-state index >= 15 is 0 Å². The van der Waals surface area contributed by atoms with Gasteiger partial charge in [0.05, 0.1) is 0 Å². The van der Waals surface area contributed by atoms with Gasteiger partial charge in [-0.05, 0) is 56.1 Å². The van der Waals surface area contributed by atoms with Gasteiger partial charge < -0.3 is 0 Å². The molecule has 2 aliphatic carbocycles. The highest BCUT2D eigenvalue weighted by atomic mass is 16.2. The van der Waals surface area contributed by atoms with Crippen molar-refractivity contribution in [1.82, 2.24) is 5.43 Å². The van der Waals surface area contributed by atoms with Gasteiger partial charge in [-0.3, -0.25) is 4.79 Å². The Balaban J connectivity index is 1.69. The van der Waals surface area contributed by atoms with E-state index in [2.05, 4.69) is 10.5 Å². The molecule has 0 aromatic heterocycles. The zero-order chi connectivity index (χ0) is 12.5. The van der Waals surface area contributed by atoms with E-state index in [1.54, 1.807) is 0 Å². The summed E-state index contributed by atoms with van der Waals surface area (Å²) in [5.41, 5.74) is 5.62. The number of aryl methyl sites for hydroxylation is 1. The molecule has 1 aromatic carbocycles. The first-order chi connectivity index (χ1) is 8.74. The van der Waals surface area contributed by atoms with Gasteiger partial charge in [-0.1, -0.05) is 18.2 Å². The summed E-state index contributed by atoms with van der Waals surface area (Å²) >= 11 is 0. The van der Waals surface area contributed by atoms with E-state index in [4.69, 9.17) is 0 Å². The number of carbonyl (C=O) groups excluding carboxylic acids is 1. The standard InChI is InChI=1S/C15H18N2O/c1-10-4-2-3-5-13(10)15(18)17-16-14-9-11-6-7-12(14)8-11/h2-5,11-12H,6-9H2,1H3,(H,17,18)/b16-14-. The van der Waals surface area contributed by atoms with Gasteiger partial charge in [0, 0.05) is 11.3 Å². The molecule has 0 saturated heterocycles. The van der Waals surface area contributed by atoms with Crippen LogP contribution >= 0.6 is 0 Å². The molecule has 1 N–H and O–H groups in total. The molecule has 2 unspecified atom stereocenters. The number of nitrogens with one attached hydrogen (secondary N) is 1. The molecule has 18 heavy (non-hydrogen) atoms. The summed E-state index contributed by atoms with van der Waals surface area (Å²) in [4.78, 5) is 12.0. The SMILES string of the molecule is Cc1ccccc1C(=O)N/N=C1/CC2CCC1C2. The minimum Gasteiger partial charge on any atom is -0.267 e. The van der Waals surface area contributed by atoms with Crippen molar-refractivity contribution in [3.63, 3.8) is 0 Å². The maximum atomic E-state index is 12.0. The number of benzene rings is 1. The molecular weight excluding hydrogens is 224 g/mol. The van der Waals surface area contributed by atoms with Crippen molar-refractivity contribution in [2.75, 3.05) is 0 Å². The average Bonchev–Trinajstić information content (AvgIpc) is 2.98. The minimum atomic E-state index is -0.0941. The quantitative estimate of drug-likeness (QED) is 0.796. The maximum absolute atomic E-state index is 12.0. The summed E-state index contributed by atoms with van der Waals surface area (Å²) in [5, 5.41) is 4.34. The van der Waals surface area contributed by atoms with Gasteiger partial charge in [0.25, 0.3) is 5.91 Å². The molecule has 3 heteroatoms. The van der Waals surface area contributed by atoms with Crippen LogP contribution in [0.25, 0.3) is 0 Å². The largest absolute Gasteiger partial charge is 0.271 e. The van der Waals surface area contributed by atoms with E-state index in [1.165, 1.54) is 25.0 Å². The van der Waals surface area contributed by atoms with Crippen LogP contribution in [0.3, 0.4) is 0 Å². The normalized spacial score (nSPS) is 27.7. The summed E-state index contributed by atoms with van der Waals surface area (Å²) in [6, 6.07) is 7.60. The van der Waals surface area contributed by atoms with E-state index in [0.29, 0.717) is 11.5 Å². The number of hydrogen-bond donors (Lipinski definition) is 1. The van der Waals surface area contributed by atoms with Crippen molar-refractivity contribution in [3.05, 3.63) is 35.4 Å². The van der Waals surface area contributed by atoms with E-state index in [9.17, 15) is 4.79 Å². The molecule has 3 nitrogen and oxygen atoms in total. The van der Waals surface area contributed by atoms with Crippen LogP contribution in [-0.2, 0) is 0 Å². The Hall–Kier alpha value is -1.64. The van der Waals surface area contributed by atoms with Crippen molar-refractivity contribution in [2.45, 2.75) is 32.6 Å². The van der Waals surface area contributed by atoms with Crippen molar-refractivity contribution in [1.29, 1.82) is 0 Å². The molecule has 1 amide bonds. The van der Waals surface area contributed by atoms with Crippen LogP contribution in [0.2, 0.25) is 0 Å². The highest BCUT2D eigenvalue weighted by Crippen LogP contribution is 2.42. The predicted octanol–water partition coefficient (Wildman–Crippen LogP) is 2.90. The number of amides is 1. The lowest BCUT2D eigenvalue weighted by atomic mass is 9.99. The van der Waals surface area contributed by atoms with Crippen LogP contribution in [0.4, 0.5) is 0 Å². The molecule has 2 bridgehead atoms. The molecule has 3 rings (SSSR count). The number of nitrogens with zero attached hydrogens (tertiary/aromatic N) is 1. The zero-order valence-corrected chi connectivity index (χ0v) is 10.6. The van der Waals surface area contributed by atoms with Crippen molar-refractivity contribution in [2.24, 2.45) is 16.9 Å². The smallest absolute Gasteiger partial charge is 0.267 e. The first-order valence-corrected chi connectivity index (χ1v) is 6.66. The monoisotopic (exact) mass is 242 g/mol. The van der Waals surface area contributed by atoms with Crippen LogP contribution in [0.15, 0.2) is 29.4 Å². The lowest BCUT2D eigenvalue weighted by Crippen LogP contribution is -2.22. The Morgan fingerprint density at radius 3 is 2.83 bits per heavy atom. The summed E-state index contributed by atoms with van der Waals surface area (Å²) in [6.45, 7) is 1.94. The minimum absolute atomic E-state index is 0.0941. The molecule has 0 heterocycles. The molecule has 0 aliphatic heterocycles. The van der Waals surface area contributed by atoms with Crippen LogP contribution in [0.1, 0.15) is 41.6 Å². The van der Waals surface area contributed by atoms with Crippen LogP contribution in [0, 0.1) is 18.8 Å². The molecule has 0 radical (unpaired) electrons. The second-order valence-corrected chi connectivity index (χ2v) is 5.44. The van der Waals surface area contributed by atoms with E-state index in [-0.39, 0.29) is 5.91 Å².